The number of benzene rings is 1. The maximum absolute atomic E-state index is 12.3. The Kier molecular flexibility index (Phi) is 4.62. The summed E-state index contributed by atoms with van der Waals surface area (Å²) < 4.78 is 0. The lowest BCUT2D eigenvalue weighted by atomic mass is 10.2. The number of anilines is 2. The molecule has 2 N–H and O–H groups in total. The molecule has 6 nitrogen and oxygen atoms in total. The van der Waals surface area contributed by atoms with Gasteiger partial charge in [0.25, 0.3) is 5.91 Å². The fourth-order valence-electron chi connectivity index (χ4n) is 2.04. The summed E-state index contributed by atoms with van der Waals surface area (Å²) in [7, 11) is 0. The quantitative estimate of drug-likeness (QED) is 0.763. The highest BCUT2D eigenvalue weighted by atomic mass is 32.1. The van der Waals surface area contributed by atoms with Gasteiger partial charge in [0.1, 0.15) is 10.7 Å². The van der Waals surface area contributed by atoms with E-state index in [1.165, 1.54) is 18.3 Å². The summed E-state index contributed by atoms with van der Waals surface area (Å²) in [6.45, 7) is 1.44. The second-order valence-corrected chi connectivity index (χ2v) is 5.85. The molecule has 2 heterocycles. The molecule has 0 bridgehead atoms. The average molecular weight is 338 g/mol. The van der Waals surface area contributed by atoms with Crippen molar-refractivity contribution in [2.45, 2.75) is 6.92 Å². The molecular weight excluding hydrogens is 324 g/mol. The smallest absolute Gasteiger partial charge is 0.275 e. The van der Waals surface area contributed by atoms with Crippen molar-refractivity contribution >= 4 is 34.5 Å². The first-order valence-electron chi connectivity index (χ1n) is 7.17. The third-order valence-electron chi connectivity index (χ3n) is 3.11. The van der Waals surface area contributed by atoms with Gasteiger partial charge in [0, 0.05) is 41.6 Å². The number of hydrogen-bond donors (Lipinski definition) is 2. The Labute approximate surface area is 142 Å². The zero-order valence-electron chi connectivity index (χ0n) is 12.8. The van der Waals surface area contributed by atoms with E-state index in [1.54, 1.807) is 42.0 Å². The van der Waals surface area contributed by atoms with Crippen LogP contribution in [-0.2, 0) is 4.79 Å². The highest BCUT2D eigenvalue weighted by Gasteiger charge is 2.12. The van der Waals surface area contributed by atoms with Crippen LogP contribution in [0, 0.1) is 0 Å². The first-order valence-corrected chi connectivity index (χ1v) is 8.05. The second kappa shape index (κ2) is 7.01. The molecule has 0 saturated carbocycles. The third-order valence-corrected chi connectivity index (χ3v) is 4.00. The van der Waals surface area contributed by atoms with Gasteiger partial charge in [-0.1, -0.05) is 0 Å². The molecule has 0 aliphatic heterocycles. The summed E-state index contributed by atoms with van der Waals surface area (Å²) in [6, 6.07) is 10.6. The lowest BCUT2D eigenvalue weighted by molar-refractivity contribution is -0.114. The van der Waals surface area contributed by atoms with Gasteiger partial charge in [0.15, 0.2) is 0 Å². The van der Waals surface area contributed by atoms with E-state index in [1.807, 2.05) is 12.1 Å². The molecule has 0 radical (unpaired) electrons. The topological polar surface area (TPSA) is 84.0 Å². The molecule has 120 valence electrons. The lowest BCUT2D eigenvalue weighted by Crippen LogP contribution is -2.12. The van der Waals surface area contributed by atoms with Crippen molar-refractivity contribution in [3.05, 3.63) is 59.9 Å². The Balaban J connectivity index is 1.69. The zero-order valence-corrected chi connectivity index (χ0v) is 13.6. The summed E-state index contributed by atoms with van der Waals surface area (Å²) in [5.41, 5.74) is 2.53. The fourth-order valence-corrected chi connectivity index (χ4v) is 2.83. The Morgan fingerprint density at radius 2 is 1.75 bits per heavy atom. The van der Waals surface area contributed by atoms with Gasteiger partial charge in [-0.2, -0.15) is 0 Å². The predicted octanol–water partition coefficient (Wildman–Crippen LogP) is 3.42. The molecule has 0 aliphatic carbocycles. The number of carbonyl (C=O) groups is 2. The van der Waals surface area contributed by atoms with Crippen molar-refractivity contribution in [1.82, 2.24) is 9.97 Å². The van der Waals surface area contributed by atoms with Gasteiger partial charge in [-0.15, -0.1) is 11.3 Å². The molecule has 1 aromatic carbocycles. The van der Waals surface area contributed by atoms with Crippen LogP contribution in [0.4, 0.5) is 11.4 Å². The molecule has 2 amide bonds. The van der Waals surface area contributed by atoms with Crippen LogP contribution in [0.15, 0.2) is 54.2 Å². The minimum Gasteiger partial charge on any atom is -0.326 e. The van der Waals surface area contributed by atoms with Crippen molar-refractivity contribution in [3.63, 3.8) is 0 Å². The van der Waals surface area contributed by atoms with Gasteiger partial charge < -0.3 is 10.6 Å². The van der Waals surface area contributed by atoms with Crippen LogP contribution in [0.2, 0.25) is 0 Å². The second-order valence-electron chi connectivity index (χ2n) is 4.99. The summed E-state index contributed by atoms with van der Waals surface area (Å²) in [6.07, 6.45) is 3.40. The third kappa shape index (κ3) is 3.82. The van der Waals surface area contributed by atoms with E-state index in [0.29, 0.717) is 17.1 Å². The number of aromatic nitrogens is 2. The average Bonchev–Trinajstić information content (AvgIpc) is 3.07. The van der Waals surface area contributed by atoms with Gasteiger partial charge >= 0.3 is 0 Å². The zero-order chi connectivity index (χ0) is 16.9. The molecule has 3 aromatic rings. The maximum Gasteiger partial charge on any atom is 0.275 e. The van der Waals surface area contributed by atoms with Gasteiger partial charge in [0.05, 0.1) is 0 Å². The van der Waals surface area contributed by atoms with E-state index in [-0.39, 0.29) is 11.8 Å². The van der Waals surface area contributed by atoms with Gasteiger partial charge in [-0.05, 0) is 36.4 Å². The molecule has 2 aromatic heterocycles. The number of rotatable bonds is 4. The number of nitrogens with one attached hydrogen (secondary N) is 2. The van der Waals surface area contributed by atoms with Crippen LogP contribution in [0.1, 0.15) is 17.4 Å². The Morgan fingerprint density at radius 3 is 2.38 bits per heavy atom. The number of nitrogens with zero attached hydrogens (tertiary/aromatic N) is 2. The van der Waals surface area contributed by atoms with Crippen molar-refractivity contribution < 1.29 is 9.59 Å². The van der Waals surface area contributed by atoms with E-state index < -0.39 is 0 Å². The molecule has 0 atom stereocenters. The molecular formula is C17H14N4O2S. The van der Waals surface area contributed by atoms with Gasteiger partial charge in [-0.25, -0.2) is 4.98 Å². The first kappa shape index (κ1) is 15.8. The fraction of sp³-hybridized carbons (Fsp3) is 0.0588. The number of hydrogen-bond acceptors (Lipinski definition) is 5. The van der Waals surface area contributed by atoms with E-state index in [9.17, 15) is 9.59 Å². The van der Waals surface area contributed by atoms with Crippen molar-refractivity contribution in [1.29, 1.82) is 0 Å². The van der Waals surface area contributed by atoms with Gasteiger partial charge in [-0.3, -0.25) is 14.6 Å². The van der Waals surface area contributed by atoms with Crippen molar-refractivity contribution in [2.75, 3.05) is 10.6 Å². The molecule has 3 rings (SSSR count). The summed E-state index contributed by atoms with van der Waals surface area (Å²) >= 11 is 1.39. The van der Waals surface area contributed by atoms with Crippen molar-refractivity contribution in [2.24, 2.45) is 0 Å². The summed E-state index contributed by atoms with van der Waals surface area (Å²) in [5, 5.41) is 7.91. The molecule has 24 heavy (non-hydrogen) atoms. The van der Waals surface area contributed by atoms with Crippen LogP contribution in [-0.4, -0.2) is 21.8 Å². The van der Waals surface area contributed by atoms with Crippen LogP contribution >= 0.6 is 11.3 Å². The Hall–Kier alpha value is -3.06. The minimum atomic E-state index is -0.284. The minimum absolute atomic E-state index is 0.141. The normalized spacial score (nSPS) is 10.2. The first-order chi connectivity index (χ1) is 11.6. The van der Waals surface area contributed by atoms with E-state index >= 15 is 0 Å². The highest BCUT2D eigenvalue weighted by Crippen LogP contribution is 2.23. The molecule has 0 saturated heterocycles. The Morgan fingerprint density at radius 1 is 1.04 bits per heavy atom. The Bertz CT molecular complexity index is 860. The lowest BCUT2D eigenvalue weighted by Gasteiger charge is -2.05. The summed E-state index contributed by atoms with van der Waals surface area (Å²) in [4.78, 5) is 31.6. The number of carbonyl (C=O) groups excluding carboxylic acids is 2. The predicted molar refractivity (Wildman–Crippen MR) is 94.0 cm³/mol. The molecule has 0 aliphatic rings. The van der Waals surface area contributed by atoms with Crippen LogP contribution in [0.5, 0.6) is 0 Å². The summed E-state index contributed by atoms with van der Waals surface area (Å²) in [5.74, 6) is -0.425. The van der Waals surface area contributed by atoms with Crippen LogP contribution in [0.3, 0.4) is 0 Å². The molecule has 7 heteroatoms. The maximum atomic E-state index is 12.3. The number of amides is 2. The van der Waals surface area contributed by atoms with Crippen LogP contribution < -0.4 is 10.6 Å². The van der Waals surface area contributed by atoms with E-state index in [4.69, 9.17) is 0 Å². The van der Waals surface area contributed by atoms with Gasteiger partial charge in [0.2, 0.25) is 5.91 Å². The molecule has 0 spiro atoms. The van der Waals surface area contributed by atoms with Crippen molar-refractivity contribution in [3.8, 4) is 10.6 Å². The van der Waals surface area contributed by atoms with E-state index in [0.717, 1.165) is 10.6 Å². The monoisotopic (exact) mass is 338 g/mol. The number of pyridine rings is 1. The largest absolute Gasteiger partial charge is 0.326 e. The highest BCUT2D eigenvalue weighted by molar-refractivity contribution is 7.13. The SMILES string of the molecule is CC(=O)Nc1ccc(NC(=O)c2csc(-c3cccnc3)n2)cc1. The van der Waals surface area contributed by atoms with E-state index in [2.05, 4.69) is 20.6 Å². The molecule has 0 unspecified atom stereocenters. The van der Waals surface area contributed by atoms with Crippen LogP contribution in [0.25, 0.3) is 10.6 Å². The standard InChI is InChI=1S/C17H14N4O2S/c1-11(22)19-13-4-6-14(7-5-13)20-16(23)15-10-24-17(21-15)12-3-2-8-18-9-12/h2-10H,1H3,(H,19,22)(H,20,23). The molecule has 0 fully saturated rings. The number of thiazole rings is 1.